The number of rotatable bonds is 4. The molecule has 2 unspecified atom stereocenters. The van der Waals surface area contributed by atoms with E-state index >= 15 is 0 Å². The Morgan fingerprint density at radius 1 is 0.893 bits per heavy atom. The van der Waals surface area contributed by atoms with Gasteiger partial charge in [0.1, 0.15) is 6.29 Å². The summed E-state index contributed by atoms with van der Waals surface area (Å²) in [7, 11) is 0. The molecule has 0 bridgehead atoms. The van der Waals surface area contributed by atoms with Crippen LogP contribution < -0.4 is 0 Å². The summed E-state index contributed by atoms with van der Waals surface area (Å²) in [6.45, 7) is 0. The molecule has 140 valence electrons. The van der Waals surface area contributed by atoms with Crippen LogP contribution >= 0.6 is 0 Å². The van der Waals surface area contributed by atoms with Gasteiger partial charge < -0.3 is 4.90 Å². The van der Waals surface area contributed by atoms with Gasteiger partial charge in [-0.1, -0.05) is 73.2 Å². The summed E-state index contributed by atoms with van der Waals surface area (Å²) in [4.78, 5) is 13.9. The summed E-state index contributed by atoms with van der Waals surface area (Å²) in [6, 6.07) is 21.9. The normalized spacial score (nSPS) is 23.1. The molecular formula is C26H25NO. The van der Waals surface area contributed by atoms with Gasteiger partial charge in [0.2, 0.25) is 0 Å². The van der Waals surface area contributed by atoms with E-state index in [0.717, 1.165) is 24.7 Å². The highest BCUT2D eigenvalue weighted by Gasteiger charge is 2.42. The molecule has 2 aliphatic carbocycles. The third-order valence-corrected chi connectivity index (χ3v) is 6.46. The van der Waals surface area contributed by atoms with Crippen LogP contribution in [-0.4, -0.2) is 17.2 Å². The molecule has 0 N–H and O–H groups in total. The molecule has 0 radical (unpaired) electrons. The first-order valence-corrected chi connectivity index (χ1v) is 10.3. The molecule has 0 saturated heterocycles. The Kier molecular flexibility index (Phi) is 4.48. The smallest absolute Gasteiger partial charge is 0.146 e. The lowest BCUT2D eigenvalue weighted by Gasteiger charge is -2.28. The number of carbonyl (C=O) groups is 1. The van der Waals surface area contributed by atoms with Gasteiger partial charge in [0.25, 0.3) is 0 Å². The molecule has 1 saturated carbocycles. The van der Waals surface area contributed by atoms with Crippen molar-refractivity contribution in [1.29, 1.82) is 0 Å². The third kappa shape index (κ3) is 2.93. The minimum absolute atomic E-state index is 0.537. The van der Waals surface area contributed by atoms with E-state index in [1.807, 2.05) is 0 Å². The number of hydrogen-bond acceptors (Lipinski definition) is 2. The van der Waals surface area contributed by atoms with Crippen LogP contribution in [0.5, 0.6) is 0 Å². The minimum Gasteiger partial charge on any atom is -0.347 e. The second kappa shape index (κ2) is 7.27. The zero-order valence-corrected chi connectivity index (χ0v) is 16.1. The van der Waals surface area contributed by atoms with Gasteiger partial charge in [-0.25, -0.2) is 0 Å². The van der Waals surface area contributed by atoms with Crippen molar-refractivity contribution in [1.82, 2.24) is 4.90 Å². The van der Waals surface area contributed by atoms with Crippen molar-refractivity contribution in [2.75, 3.05) is 0 Å². The highest BCUT2D eigenvalue weighted by Crippen LogP contribution is 2.49. The summed E-state index contributed by atoms with van der Waals surface area (Å²) in [5, 5.41) is 0. The zero-order chi connectivity index (χ0) is 18.9. The molecule has 3 aliphatic rings. The van der Waals surface area contributed by atoms with E-state index in [-0.39, 0.29) is 0 Å². The number of carbonyl (C=O) groups excluding carboxylic acids is 1. The lowest BCUT2D eigenvalue weighted by molar-refractivity contribution is -0.105. The lowest BCUT2D eigenvalue weighted by Crippen LogP contribution is -2.26. The SMILES string of the molecule is O=CC1=CC2=C(CC1)N(C=C(c1ccccc1)c1ccccc1)C1CCCC21. The average molecular weight is 367 g/mol. The van der Waals surface area contributed by atoms with Crippen molar-refractivity contribution in [3.05, 3.63) is 101 Å². The largest absolute Gasteiger partial charge is 0.347 e. The zero-order valence-electron chi connectivity index (χ0n) is 16.1. The monoisotopic (exact) mass is 367 g/mol. The lowest BCUT2D eigenvalue weighted by atomic mass is 9.90. The van der Waals surface area contributed by atoms with E-state index < -0.39 is 0 Å². The highest BCUT2D eigenvalue weighted by molar-refractivity contribution is 5.80. The second-order valence-corrected chi connectivity index (χ2v) is 8.03. The summed E-state index contributed by atoms with van der Waals surface area (Å²) < 4.78 is 0. The molecule has 1 aliphatic heterocycles. The topological polar surface area (TPSA) is 20.3 Å². The number of fused-ring (bicyclic) bond motifs is 2. The summed E-state index contributed by atoms with van der Waals surface area (Å²) >= 11 is 0. The van der Waals surface area contributed by atoms with Crippen molar-refractivity contribution in [2.24, 2.45) is 5.92 Å². The Hall–Kier alpha value is -2.87. The van der Waals surface area contributed by atoms with E-state index in [1.54, 1.807) is 0 Å². The quantitative estimate of drug-likeness (QED) is 0.643. The molecule has 28 heavy (non-hydrogen) atoms. The molecule has 2 aromatic rings. The van der Waals surface area contributed by atoms with Crippen LogP contribution in [0, 0.1) is 5.92 Å². The van der Waals surface area contributed by atoms with Gasteiger partial charge in [-0.05, 0) is 48.0 Å². The maximum absolute atomic E-state index is 11.4. The van der Waals surface area contributed by atoms with Crippen molar-refractivity contribution in [3.8, 4) is 0 Å². The number of aldehydes is 1. The van der Waals surface area contributed by atoms with Crippen molar-refractivity contribution >= 4 is 11.9 Å². The molecule has 1 heterocycles. The molecule has 2 aromatic carbocycles. The number of allylic oxidation sites excluding steroid dienone is 3. The molecular weight excluding hydrogens is 342 g/mol. The molecule has 0 amide bonds. The van der Waals surface area contributed by atoms with E-state index in [2.05, 4.69) is 77.8 Å². The molecule has 0 spiro atoms. The van der Waals surface area contributed by atoms with Gasteiger partial charge in [0.15, 0.2) is 0 Å². The number of benzene rings is 2. The third-order valence-electron chi connectivity index (χ3n) is 6.46. The van der Waals surface area contributed by atoms with E-state index in [1.165, 1.54) is 47.2 Å². The Morgan fingerprint density at radius 2 is 1.57 bits per heavy atom. The van der Waals surface area contributed by atoms with Crippen LogP contribution in [0.25, 0.3) is 5.57 Å². The standard InChI is InChI=1S/C26H25NO/c28-18-19-14-15-26-23(16-19)22-12-7-13-25(22)27(26)17-24(20-8-3-1-4-9-20)21-10-5-2-6-11-21/h1-6,8-11,16-18,22,25H,7,12-15H2. The second-order valence-electron chi connectivity index (χ2n) is 8.03. The number of nitrogens with zero attached hydrogens (tertiary/aromatic N) is 1. The minimum atomic E-state index is 0.537. The summed E-state index contributed by atoms with van der Waals surface area (Å²) in [5.41, 5.74) is 7.58. The van der Waals surface area contributed by atoms with E-state index in [0.29, 0.717) is 12.0 Å². The predicted molar refractivity (Wildman–Crippen MR) is 113 cm³/mol. The summed E-state index contributed by atoms with van der Waals surface area (Å²) in [6.07, 6.45) is 11.2. The van der Waals surface area contributed by atoms with Gasteiger partial charge in [-0.3, -0.25) is 4.79 Å². The fraction of sp³-hybridized carbons (Fsp3) is 0.269. The maximum atomic E-state index is 11.4. The molecule has 1 fully saturated rings. The first-order chi connectivity index (χ1) is 13.8. The Morgan fingerprint density at radius 3 is 2.21 bits per heavy atom. The Labute approximate surface area is 166 Å². The highest BCUT2D eigenvalue weighted by atomic mass is 16.1. The number of hydrogen-bond donors (Lipinski definition) is 0. The van der Waals surface area contributed by atoms with Gasteiger partial charge in [-0.15, -0.1) is 0 Å². The first-order valence-electron chi connectivity index (χ1n) is 10.3. The van der Waals surface area contributed by atoms with Crippen LogP contribution in [0.2, 0.25) is 0 Å². The molecule has 2 nitrogen and oxygen atoms in total. The Balaban J connectivity index is 1.63. The van der Waals surface area contributed by atoms with Crippen LogP contribution in [0.4, 0.5) is 0 Å². The van der Waals surface area contributed by atoms with Crippen molar-refractivity contribution in [3.63, 3.8) is 0 Å². The van der Waals surface area contributed by atoms with Crippen LogP contribution in [0.1, 0.15) is 43.2 Å². The van der Waals surface area contributed by atoms with Crippen LogP contribution in [0.3, 0.4) is 0 Å². The van der Waals surface area contributed by atoms with E-state index in [9.17, 15) is 4.79 Å². The Bertz CT molecular complexity index is 927. The molecule has 2 heteroatoms. The first kappa shape index (κ1) is 17.2. The fourth-order valence-electron chi connectivity index (χ4n) is 5.15. The van der Waals surface area contributed by atoms with Gasteiger partial charge in [0, 0.05) is 29.4 Å². The van der Waals surface area contributed by atoms with Gasteiger partial charge in [-0.2, -0.15) is 0 Å². The fourth-order valence-corrected chi connectivity index (χ4v) is 5.15. The van der Waals surface area contributed by atoms with Crippen molar-refractivity contribution in [2.45, 2.75) is 38.1 Å². The van der Waals surface area contributed by atoms with Crippen LogP contribution in [-0.2, 0) is 4.79 Å². The predicted octanol–water partition coefficient (Wildman–Crippen LogP) is 5.73. The average Bonchev–Trinajstić information content (AvgIpc) is 3.35. The van der Waals surface area contributed by atoms with Gasteiger partial charge >= 0.3 is 0 Å². The van der Waals surface area contributed by atoms with Gasteiger partial charge in [0.05, 0.1) is 0 Å². The maximum Gasteiger partial charge on any atom is 0.146 e. The van der Waals surface area contributed by atoms with Crippen molar-refractivity contribution < 1.29 is 4.79 Å². The molecule has 0 aromatic heterocycles. The summed E-state index contributed by atoms with van der Waals surface area (Å²) in [5.74, 6) is 0.578. The van der Waals surface area contributed by atoms with E-state index in [4.69, 9.17) is 0 Å². The molecule has 5 rings (SSSR count). The van der Waals surface area contributed by atoms with Crippen LogP contribution in [0.15, 0.2) is 89.8 Å². The molecule has 2 atom stereocenters.